The molecule has 0 saturated heterocycles. The van der Waals surface area contributed by atoms with E-state index in [-0.39, 0.29) is 5.92 Å². The van der Waals surface area contributed by atoms with Crippen molar-refractivity contribution in [2.24, 2.45) is 26.6 Å². The van der Waals surface area contributed by atoms with Gasteiger partial charge in [0, 0.05) is 5.92 Å². The van der Waals surface area contributed by atoms with Gasteiger partial charge in [0.2, 0.25) is 0 Å². The second-order valence-corrected chi connectivity index (χ2v) is 2.73. The summed E-state index contributed by atoms with van der Waals surface area (Å²) in [6, 6.07) is 0. The Morgan fingerprint density at radius 2 is 1.67 bits per heavy atom. The first-order valence-electron chi connectivity index (χ1n) is 2.68. The zero-order chi connectivity index (χ0) is 6.91. The van der Waals surface area contributed by atoms with E-state index in [4.69, 9.17) is 11.6 Å². The fraction of sp³-hybridized carbons (Fsp3) is 1.00. The number of alkyl halides is 1. The van der Waals surface area contributed by atoms with Gasteiger partial charge in [0.05, 0.1) is 0 Å². The van der Waals surface area contributed by atoms with Gasteiger partial charge in [-0.2, -0.15) is 0 Å². The third kappa shape index (κ3) is 1.08. The van der Waals surface area contributed by atoms with E-state index in [1.54, 1.807) is 0 Å². The number of hydrogen-bond acceptors (Lipinski definition) is 4. The molecule has 0 aromatic heterocycles. The van der Waals surface area contributed by atoms with Crippen LogP contribution >= 0.6 is 11.6 Å². The number of nitrogens with zero attached hydrogens (tertiary/aromatic N) is 4. The van der Waals surface area contributed by atoms with Crippen molar-refractivity contribution in [3.05, 3.63) is 0 Å². The Morgan fingerprint density at radius 1 is 1.22 bits per heavy atom. The molecule has 0 atom stereocenters. The smallest absolute Gasteiger partial charge is 0.117 e. The number of halogens is 1. The van der Waals surface area contributed by atoms with Gasteiger partial charge in [0.15, 0.2) is 0 Å². The molecule has 50 valence electrons. The summed E-state index contributed by atoms with van der Waals surface area (Å²) in [6.45, 7) is 3.83. The van der Waals surface area contributed by atoms with Crippen LogP contribution in [0.25, 0.3) is 0 Å². The molecule has 0 unspecified atom stereocenters. The molecule has 1 aliphatic rings. The predicted octanol–water partition coefficient (Wildman–Crippen LogP) is 2.37. The Hall–Kier alpha value is -0.510. The molecule has 0 radical (unpaired) electrons. The summed E-state index contributed by atoms with van der Waals surface area (Å²) < 4.78 is 0. The van der Waals surface area contributed by atoms with Crippen LogP contribution in [0.15, 0.2) is 20.7 Å². The van der Waals surface area contributed by atoms with Crippen LogP contribution in [0.1, 0.15) is 13.8 Å². The predicted molar refractivity (Wildman–Crippen MR) is 33.1 cm³/mol. The van der Waals surface area contributed by atoms with Crippen LogP contribution in [-0.2, 0) is 0 Å². The van der Waals surface area contributed by atoms with E-state index in [0.717, 1.165) is 0 Å². The number of rotatable bonds is 1. The maximum Gasteiger partial charge on any atom is 0.269 e. The average Bonchev–Trinajstić information content (AvgIpc) is 2.16. The van der Waals surface area contributed by atoms with Crippen molar-refractivity contribution in [2.45, 2.75) is 19.0 Å². The topological polar surface area (TPSA) is 49.4 Å². The standard InChI is InChI=1S/C4H7ClN4/c1-3(2)4(5)6-8-9-7-4/h3H,1-2H3. The van der Waals surface area contributed by atoms with E-state index in [0.29, 0.717) is 0 Å². The first-order chi connectivity index (χ1) is 4.15. The SMILES string of the molecule is CC(C)C1(Cl)N=NN=N1. The van der Waals surface area contributed by atoms with E-state index in [2.05, 4.69) is 20.7 Å². The fourth-order valence-electron chi connectivity index (χ4n) is 0.416. The first kappa shape index (κ1) is 6.61. The summed E-state index contributed by atoms with van der Waals surface area (Å²) in [6.07, 6.45) is 0. The van der Waals surface area contributed by atoms with Crippen LogP contribution in [0.5, 0.6) is 0 Å². The lowest BCUT2D eigenvalue weighted by Crippen LogP contribution is -2.19. The molecule has 0 spiro atoms. The molecule has 0 aromatic rings. The molecule has 0 bridgehead atoms. The van der Waals surface area contributed by atoms with Crippen LogP contribution in [0, 0.1) is 5.92 Å². The maximum absolute atomic E-state index is 5.78. The van der Waals surface area contributed by atoms with Crippen molar-refractivity contribution >= 4 is 11.6 Å². The van der Waals surface area contributed by atoms with E-state index < -0.39 is 5.12 Å². The zero-order valence-corrected chi connectivity index (χ0v) is 6.00. The van der Waals surface area contributed by atoms with Gasteiger partial charge in [-0.1, -0.05) is 25.4 Å². The second kappa shape index (κ2) is 2.02. The average molecular weight is 147 g/mol. The molecule has 0 fully saturated rings. The summed E-state index contributed by atoms with van der Waals surface area (Å²) in [5, 5.41) is 13.0. The molecule has 9 heavy (non-hydrogen) atoms. The van der Waals surface area contributed by atoms with Crippen molar-refractivity contribution in [2.75, 3.05) is 0 Å². The van der Waals surface area contributed by atoms with E-state index >= 15 is 0 Å². The van der Waals surface area contributed by atoms with Crippen LogP contribution < -0.4 is 0 Å². The number of hydrogen-bond donors (Lipinski definition) is 0. The highest BCUT2D eigenvalue weighted by molar-refractivity contribution is 6.23. The van der Waals surface area contributed by atoms with E-state index in [1.165, 1.54) is 0 Å². The third-order valence-corrected chi connectivity index (χ3v) is 1.73. The third-order valence-electron chi connectivity index (χ3n) is 1.14. The maximum atomic E-state index is 5.78. The highest BCUT2D eigenvalue weighted by Crippen LogP contribution is 2.32. The molecule has 4 nitrogen and oxygen atoms in total. The molecule has 1 rings (SSSR count). The summed E-state index contributed by atoms with van der Waals surface area (Å²) in [7, 11) is 0. The van der Waals surface area contributed by atoms with Gasteiger partial charge in [-0.3, -0.25) is 0 Å². The minimum absolute atomic E-state index is 0.133. The van der Waals surface area contributed by atoms with Crippen LogP contribution in [-0.4, -0.2) is 5.12 Å². The Kier molecular flexibility index (Phi) is 1.48. The molecular weight excluding hydrogens is 140 g/mol. The molecule has 0 aliphatic carbocycles. The van der Waals surface area contributed by atoms with Crippen molar-refractivity contribution in [1.29, 1.82) is 0 Å². The molecule has 1 aliphatic heterocycles. The largest absolute Gasteiger partial charge is 0.269 e. The summed E-state index contributed by atoms with van der Waals surface area (Å²) in [5.74, 6) is 0.133. The van der Waals surface area contributed by atoms with Crippen molar-refractivity contribution in [1.82, 2.24) is 0 Å². The molecule has 0 amide bonds. The lowest BCUT2D eigenvalue weighted by molar-refractivity contribution is 0.451. The quantitative estimate of drug-likeness (QED) is 0.403. The van der Waals surface area contributed by atoms with Gasteiger partial charge < -0.3 is 0 Å². The van der Waals surface area contributed by atoms with Crippen LogP contribution in [0.2, 0.25) is 0 Å². The van der Waals surface area contributed by atoms with E-state index in [1.807, 2.05) is 13.8 Å². The van der Waals surface area contributed by atoms with Crippen molar-refractivity contribution in [3.8, 4) is 0 Å². The second-order valence-electron chi connectivity index (χ2n) is 2.17. The molecule has 0 aromatic carbocycles. The van der Waals surface area contributed by atoms with Crippen molar-refractivity contribution < 1.29 is 0 Å². The normalized spacial score (nSPS) is 21.8. The Balaban J connectivity index is 2.75. The summed E-state index contributed by atoms with van der Waals surface area (Å²) in [5.41, 5.74) is 0. The van der Waals surface area contributed by atoms with Gasteiger partial charge in [0.1, 0.15) is 0 Å². The minimum Gasteiger partial charge on any atom is -0.117 e. The van der Waals surface area contributed by atoms with Gasteiger partial charge >= 0.3 is 0 Å². The fourth-order valence-corrected chi connectivity index (χ4v) is 0.484. The van der Waals surface area contributed by atoms with Crippen LogP contribution in [0.3, 0.4) is 0 Å². The zero-order valence-electron chi connectivity index (χ0n) is 5.24. The monoisotopic (exact) mass is 146 g/mol. The summed E-state index contributed by atoms with van der Waals surface area (Å²) in [4.78, 5) is 0. The Morgan fingerprint density at radius 3 is 1.89 bits per heavy atom. The molecular formula is C4H7ClN4. The molecule has 1 heterocycles. The highest BCUT2D eigenvalue weighted by Gasteiger charge is 2.33. The first-order valence-corrected chi connectivity index (χ1v) is 3.06. The Bertz CT molecular complexity index is 150. The van der Waals surface area contributed by atoms with Crippen molar-refractivity contribution in [3.63, 3.8) is 0 Å². The van der Waals surface area contributed by atoms with E-state index in [9.17, 15) is 0 Å². The molecule has 0 saturated carbocycles. The van der Waals surface area contributed by atoms with Gasteiger partial charge in [-0.15, -0.1) is 10.2 Å². The minimum atomic E-state index is -0.917. The Labute approximate surface area is 58.0 Å². The molecule has 0 N–H and O–H groups in total. The van der Waals surface area contributed by atoms with Gasteiger partial charge in [0.25, 0.3) is 5.12 Å². The van der Waals surface area contributed by atoms with Gasteiger partial charge in [-0.05, 0) is 10.4 Å². The molecule has 5 heteroatoms. The lowest BCUT2D eigenvalue weighted by Gasteiger charge is -2.13. The van der Waals surface area contributed by atoms with Gasteiger partial charge in [-0.25, -0.2) is 0 Å². The lowest BCUT2D eigenvalue weighted by atomic mass is 10.2. The van der Waals surface area contributed by atoms with Crippen LogP contribution in [0.4, 0.5) is 0 Å². The summed E-state index contributed by atoms with van der Waals surface area (Å²) >= 11 is 5.78. The highest BCUT2D eigenvalue weighted by atomic mass is 35.5.